The fourth-order valence-corrected chi connectivity index (χ4v) is 3.22. The molecule has 0 aliphatic heterocycles. The molecule has 0 heterocycles. The lowest BCUT2D eigenvalue weighted by Crippen LogP contribution is -2.49. The second-order valence-electron chi connectivity index (χ2n) is 4.77. The Balaban J connectivity index is 2.96. The molecule has 1 aromatic rings. The van der Waals surface area contributed by atoms with Gasteiger partial charge in [-0.1, -0.05) is 13.8 Å². The van der Waals surface area contributed by atoms with Crippen LogP contribution in [0.25, 0.3) is 0 Å². The van der Waals surface area contributed by atoms with Crippen LogP contribution in [0.3, 0.4) is 0 Å². The molecule has 1 amide bonds. The van der Waals surface area contributed by atoms with Crippen molar-refractivity contribution < 1.29 is 13.2 Å². The third-order valence-corrected chi connectivity index (χ3v) is 4.79. The first kappa shape index (κ1) is 17.3. The molecule has 0 aliphatic carbocycles. The van der Waals surface area contributed by atoms with Gasteiger partial charge in [0.25, 0.3) is 5.91 Å². The maximum Gasteiger partial charge on any atom is 0.252 e. The molecule has 112 valence electrons. The molecule has 0 bridgehead atoms. The Hall–Kier alpha value is -0.710. The number of hydrogen-bond donors (Lipinski definition) is 3. The van der Waals surface area contributed by atoms with Gasteiger partial charge >= 0.3 is 0 Å². The lowest BCUT2D eigenvalue weighted by molar-refractivity contribution is -0.123. The molecule has 20 heavy (non-hydrogen) atoms. The average Bonchev–Trinajstić information content (AvgIpc) is 2.36. The normalized spacial score (nSPS) is 13.2. The lowest BCUT2D eigenvalue weighted by atomic mass is 10.0. The Morgan fingerprint density at radius 3 is 2.30 bits per heavy atom. The van der Waals surface area contributed by atoms with Gasteiger partial charge < -0.3 is 0 Å². The number of benzene rings is 1. The highest BCUT2D eigenvalue weighted by Crippen LogP contribution is 2.14. The molecule has 8 heteroatoms. The highest BCUT2D eigenvalue weighted by Gasteiger charge is 2.25. The number of sulfonamides is 1. The minimum atomic E-state index is -3.75. The van der Waals surface area contributed by atoms with E-state index in [0.29, 0.717) is 6.42 Å². The Morgan fingerprint density at radius 1 is 1.30 bits per heavy atom. The summed E-state index contributed by atoms with van der Waals surface area (Å²) in [6.07, 6.45) is 0.368. The zero-order valence-electron chi connectivity index (χ0n) is 11.3. The van der Waals surface area contributed by atoms with E-state index in [4.69, 9.17) is 5.84 Å². The van der Waals surface area contributed by atoms with Crippen LogP contribution in [-0.4, -0.2) is 20.4 Å². The summed E-state index contributed by atoms with van der Waals surface area (Å²) in [5.41, 5.74) is 1.99. The summed E-state index contributed by atoms with van der Waals surface area (Å²) in [6, 6.07) is 5.49. The third kappa shape index (κ3) is 5.00. The maximum atomic E-state index is 12.2. The van der Waals surface area contributed by atoms with Gasteiger partial charge in [-0.15, -0.1) is 0 Å². The molecular formula is C12H18IN3O3S. The van der Waals surface area contributed by atoms with Crippen LogP contribution < -0.4 is 16.0 Å². The summed E-state index contributed by atoms with van der Waals surface area (Å²) < 4.78 is 27.8. The third-order valence-electron chi connectivity index (χ3n) is 2.59. The van der Waals surface area contributed by atoms with Crippen LogP contribution in [0.5, 0.6) is 0 Å². The van der Waals surface area contributed by atoms with E-state index in [2.05, 4.69) is 27.3 Å². The molecule has 1 rings (SSSR count). The van der Waals surface area contributed by atoms with Gasteiger partial charge in [0.2, 0.25) is 10.0 Å². The number of nitrogens with one attached hydrogen (secondary N) is 2. The van der Waals surface area contributed by atoms with Gasteiger partial charge in [-0.3, -0.25) is 10.2 Å². The number of halogens is 1. The minimum Gasteiger partial charge on any atom is -0.293 e. The van der Waals surface area contributed by atoms with Gasteiger partial charge in [0.05, 0.1) is 4.90 Å². The summed E-state index contributed by atoms with van der Waals surface area (Å²) in [7, 11) is -3.75. The van der Waals surface area contributed by atoms with Crippen LogP contribution in [0.4, 0.5) is 0 Å². The first-order valence-electron chi connectivity index (χ1n) is 6.04. The SMILES string of the molecule is CC(C)C[C@H](NS(=O)(=O)c1ccc(I)cc1)C(=O)NN. The fraction of sp³-hybridized carbons (Fsp3) is 0.417. The number of amides is 1. The van der Waals surface area contributed by atoms with E-state index < -0.39 is 22.0 Å². The van der Waals surface area contributed by atoms with Crippen molar-refractivity contribution in [3.8, 4) is 0 Å². The van der Waals surface area contributed by atoms with Crippen molar-refractivity contribution in [2.45, 2.75) is 31.2 Å². The van der Waals surface area contributed by atoms with Gasteiger partial charge in [-0.2, -0.15) is 4.72 Å². The van der Waals surface area contributed by atoms with Crippen molar-refractivity contribution in [3.63, 3.8) is 0 Å². The zero-order chi connectivity index (χ0) is 15.3. The van der Waals surface area contributed by atoms with Crippen molar-refractivity contribution in [2.24, 2.45) is 11.8 Å². The molecule has 0 saturated heterocycles. The standard InChI is InChI=1S/C12H18IN3O3S/c1-8(2)7-11(12(17)15-14)16-20(18,19)10-5-3-9(13)4-6-10/h3-6,8,11,16H,7,14H2,1-2H3,(H,15,17)/t11-/m0/s1. The van der Waals surface area contributed by atoms with Gasteiger partial charge in [-0.05, 0) is 59.2 Å². The van der Waals surface area contributed by atoms with Gasteiger partial charge in [-0.25, -0.2) is 14.3 Å². The molecule has 4 N–H and O–H groups in total. The topological polar surface area (TPSA) is 101 Å². The van der Waals surface area contributed by atoms with Crippen LogP contribution in [0.2, 0.25) is 0 Å². The van der Waals surface area contributed by atoms with Crippen LogP contribution >= 0.6 is 22.6 Å². The molecule has 0 saturated carbocycles. The number of carbonyl (C=O) groups excluding carboxylic acids is 1. The lowest BCUT2D eigenvalue weighted by Gasteiger charge is -2.19. The summed E-state index contributed by atoms with van der Waals surface area (Å²) in [5.74, 6) is 4.69. The highest BCUT2D eigenvalue weighted by atomic mass is 127. The maximum absolute atomic E-state index is 12.2. The van der Waals surface area contributed by atoms with Crippen molar-refractivity contribution in [1.29, 1.82) is 0 Å². The molecule has 1 aromatic carbocycles. The van der Waals surface area contributed by atoms with Crippen LogP contribution in [0.1, 0.15) is 20.3 Å². The van der Waals surface area contributed by atoms with E-state index in [0.717, 1.165) is 3.57 Å². The predicted molar refractivity (Wildman–Crippen MR) is 85.1 cm³/mol. The molecule has 0 aromatic heterocycles. The average molecular weight is 411 g/mol. The Morgan fingerprint density at radius 2 is 1.85 bits per heavy atom. The molecule has 0 aliphatic rings. The van der Waals surface area contributed by atoms with Gasteiger partial charge in [0.15, 0.2) is 0 Å². The second kappa shape index (κ2) is 7.34. The monoisotopic (exact) mass is 411 g/mol. The zero-order valence-corrected chi connectivity index (χ0v) is 14.2. The van der Waals surface area contributed by atoms with E-state index in [1.807, 2.05) is 19.3 Å². The molecule has 0 radical (unpaired) electrons. The second-order valence-corrected chi connectivity index (χ2v) is 7.73. The smallest absolute Gasteiger partial charge is 0.252 e. The van der Waals surface area contributed by atoms with E-state index in [9.17, 15) is 13.2 Å². The van der Waals surface area contributed by atoms with Crippen molar-refractivity contribution >= 4 is 38.5 Å². The molecule has 0 fully saturated rings. The Kier molecular flexibility index (Phi) is 6.37. The fourth-order valence-electron chi connectivity index (χ4n) is 1.65. The Labute approximate surface area is 132 Å². The minimum absolute atomic E-state index is 0.122. The summed E-state index contributed by atoms with van der Waals surface area (Å²) >= 11 is 2.09. The molecule has 6 nitrogen and oxygen atoms in total. The van der Waals surface area contributed by atoms with E-state index in [1.165, 1.54) is 12.1 Å². The van der Waals surface area contributed by atoms with Crippen molar-refractivity contribution in [1.82, 2.24) is 10.1 Å². The van der Waals surface area contributed by atoms with E-state index in [1.54, 1.807) is 12.1 Å². The Bertz CT molecular complexity index is 558. The van der Waals surface area contributed by atoms with Crippen LogP contribution in [0.15, 0.2) is 29.2 Å². The number of carbonyl (C=O) groups is 1. The van der Waals surface area contributed by atoms with Crippen molar-refractivity contribution in [3.05, 3.63) is 27.8 Å². The van der Waals surface area contributed by atoms with Crippen LogP contribution in [-0.2, 0) is 14.8 Å². The first-order valence-corrected chi connectivity index (χ1v) is 8.61. The van der Waals surface area contributed by atoms with Gasteiger partial charge in [0.1, 0.15) is 6.04 Å². The molecule has 0 spiro atoms. The largest absolute Gasteiger partial charge is 0.293 e. The first-order chi connectivity index (χ1) is 9.26. The van der Waals surface area contributed by atoms with Crippen LogP contribution in [0, 0.1) is 9.49 Å². The molecule has 0 unspecified atom stereocenters. The molecule has 1 atom stereocenters. The number of hydrazine groups is 1. The quantitative estimate of drug-likeness (QED) is 0.281. The highest BCUT2D eigenvalue weighted by molar-refractivity contribution is 14.1. The molecular weight excluding hydrogens is 393 g/mol. The predicted octanol–water partition coefficient (Wildman–Crippen LogP) is 0.974. The summed E-state index contributed by atoms with van der Waals surface area (Å²) in [6.45, 7) is 3.80. The van der Waals surface area contributed by atoms with Gasteiger partial charge in [0, 0.05) is 3.57 Å². The summed E-state index contributed by atoms with van der Waals surface area (Å²) in [5, 5.41) is 0. The van der Waals surface area contributed by atoms with Crippen molar-refractivity contribution in [2.75, 3.05) is 0 Å². The van der Waals surface area contributed by atoms with E-state index >= 15 is 0 Å². The van der Waals surface area contributed by atoms with E-state index in [-0.39, 0.29) is 10.8 Å². The number of rotatable bonds is 6. The summed E-state index contributed by atoms with van der Waals surface area (Å²) in [4.78, 5) is 11.8. The number of nitrogens with two attached hydrogens (primary N) is 1. The number of hydrogen-bond acceptors (Lipinski definition) is 4.